The van der Waals surface area contributed by atoms with Gasteiger partial charge in [-0.05, 0) is 26.2 Å². The predicted octanol–water partition coefficient (Wildman–Crippen LogP) is 12.3. The van der Waals surface area contributed by atoms with Gasteiger partial charge in [0.1, 0.15) is 19.1 Å². The first kappa shape index (κ1) is 43.0. The van der Waals surface area contributed by atoms with Crippen molar-refractivity contribution in [1.82, 2.24) is 10.6 Å². The van der Waals surface area contributed by atoms with E-state index in [4.69, 9.17) is 0 Å². The van der Waals surface area contributed by atoms with E-state index in [-0.39, 0.29) is 11.9 Å². The maximum absolute atomic E-state index is 12.8. The van der Waals surface area contributed by atoms with Crippen LogP contribution < -0.4 is 10.6 Å². The Morgan fingerprint density at radius 1 is 0.587 bits per heavy atom. The Balaban J connectivity index is 2.08. The molecule has 46 heavy (non-hydrogen) atoms. The third-order valence-corrected chi connectivity index (χ3v) is 10.8. The van der Waals surface area contributed by atoms with E-state index in [0.717, 1.165) is 19.5 Å². The lowest BCUT2D eigenvalue weighted by molar-refractivity contribution is -0.563. The van der Waals surface area contributed by atoms with Crippen LogP contribution in [-0.2, 0) is 4.79 Å². The van der Waals surface area contributed by atoms with Crippen molar-refractivity contribution in [3.63, 3.8) is 0 Å². The summed E-state index contributed by atoms with van der Waals surface area (Å²) in [6.07, 6.45) is 44.3. The summed E-state index contributed by atoms with van der Waals surface area (Å²) in [6, 6.07) is 0.725. The van der Waals surface area contributed by atoms with Gasteiger partial charge in [-0.2, -0.15) is 0 Å². The lowest BCUT2D eigenvalue weighted by Crippen LogP contribution is -2.45. The van der Waals surface area contributed by atoms with Crippen LogP contribution in [0.3, 0.4) is 0 Å². The SMILES string of the molecule is CCCCCCCCCCCCCCCCCC(=O)NC(C)C(C)C(CCCCCCCCCCCCCCCC)[N+]1=CNCC1. The normalized spacial score (nSPS) is 15.0. The molecule has 272 valence electrons. The van der Waals surface area contributed by atoms with Crippen molar-refractivity contribution >= 4 is 12.2 Å². The zero-order valence-corrected chi connectivity index (χ0v) is 32.0. The first-order valence-electron chi connectivity index (χ1n) is 21.2. The molecule has 1 rings (SSSR count). The molecule has 0 fully saturated rings. The minimum atomic E-state index is 0.217. The van der Waals surface area contributed by atoms with Gasteiger partial charge in [-0.15, -0.1) is 0 Å². The highest BCUT2D eigenvalue weighted by molar-refractivity contribution is 5.76. The molecular weight excluding hydrogens is 562 g/mol. The van der Waals surface area contributed by atoms with E-state index in [0.29, 0.717) is 18.4 Å². The molecule has 0 aromatic rings. The van der Waals surface area contributed by atoms with Crippen LogP contribution in [0.2, 0.25) is 0 Å². The largest absolute Gasteiger partial charge is 0.353 e. The Morgan fingerprint density at radius 2 is 0.957 bits per heavy atom. The van der Waals surface area contributed by atoms with Gasteiger partial charge in [0, 0.05) is 18.4 Å². The standard InChI is InChI=1S/C42H83N3O/c1-5-7-9-11-13-15-17-19-21-23-25-27-29-31-33-35-42(46)44-40(4)39(3)41(45-37-36-43-38-45)34-32-30-28-26-24-22-20-18-16-14-12-10-8-6-2/h38-41H,5-37H2,1-4H3,(H,44,46)/p+1. The molecule has 0 aromatic heterocycles. The first-order valence-corrected chi connectivity index (χ1v) is 21.2. The van der Waals surface area contributed by atoms with Crippen LogP contribution in [0, 0.1) is 5.92 Å². The predicted molar refractivity (Wildman–Crippen MR) is 204 cm³/mol. The van der Waals surface area contributed by atoms with Crippen molar-refractivity contribution in [1.29, 1.82) is 0 Å². The van der Waals surface area contributed by atoms with Crippen molar-refractivity contribution in [2.75, 3.05) is 13.1 Å². The third kappa shape index (κ3) is 25.0. The smallest absolute Gasteiger partial charge is 0.232 e. The number of rotatable bonds is 35. The summed E-state index contributed by atoms with van der Waals surface area (Å²) in [5.41, 5.74) is 0. The summed E-state index contributed by atoms with van der Waals surface area (Å²) < 4.78 is 2.52. The highest BCUT2D eigenvalue weighted by Gasteiger charge is 2.30. The van der Waals surface area contributed by atoms with Crippen molar-refractivity contribution in [3.8, 4) is 0 Å². The minimum Gasteiger partial charge on any atom is -0.353 e. The molecule has 0 saturated heterocycles. The average molecular weight is 647 g/mol. The molecule has 4 heteroatoms. The average Bonchev–Trinajstić information content (AvgIpc) is 3.59. The molecule has 0 bridgehead atoms. The topological polar surface area (TPSA) is 44.1 Å². The summed E-state index contributed by atoms with van der Waals surface area (Å²) in [5.74, 6) is 0.705. The molecule has 4 nitrogen and oxygen atoms in total. The summed E-state index contributed by atoms with van der Waals surface area (Å²) in [4.78, 5) is 12.8. The van der Waals surface area contributed by atoms with Crippen LogP contribution in [0.5, 0.6) is 0 Å². The maximum Gasteiger partial charge on any atom is 0.232 e. The zero-order valence-electron chi connectivity index (χ0n) is 32.0. The Labute approximate surface area is 289 Å². The summed E-state index contributed by atoms with van der Waals surface area (Å²) in [6.45, 7) is 11.3. The molecular formula is C42H84N3O+. The second-order valence-electron chi connectivity index (χ2n) is 15.2. The number of carbonyl (C=O) groups excluding carboxylic acids is 1. The van der Waals surface area contributed by atoms with Gasteiger partial charge in [0.15, 0.2) is 0 Å². The Morgan fingerprint density at radius 3 is 1.33 bits per heavy atom. The Kier molecular flexibility index (Phi) is 30.3. The molecule has 0 aromatic carbocycles. The summed E-state index contributed by atoms with van der Waals surface area (Å²) in [5, 5.41) is 6.81. The van der Waals surface area contributed by atoms with Crippen LogP contribution in [0.4, 0.5) is 0 Å². The second-order valence-corrected chi connectivity index (χ2v) is 15.2. The van der Waals surface area contributed by atoms with E-state index in [9.17, 15) is 4.79 Å². The third-order valence-electron chi connectivity index (χ3n) is 10.8. The number of hydrogen-bond acceptors (Lipinski definition) is 2. The Bertz CT molecular complexity index is 692. The number of nitrogens with zero attached hydrogens (tertiary/aromatic N) is 1. The van der Waals surface area contributed by atoms with Gasteiger partial charge < -0.3 is 5.32 Å². The molecule has 1 aliphatic heterocycles. The molecule has 1 aliphatic rings. The monoisotopic (exact) mass is 647 g/mol. The van der Waals surface area contributed by atoms with Crippen LogP contribution in [0.15, 0.2) is 0 Å². The van der Waals surface area contributed by atoms with Crippen LogP contribution >= 0.6 is 0 Å². The molecule has 3 atom stereocenters. The number of amides is 1. The van der Waals surface area contributed by atoms with E-state index in [1.165, 1.54) is 186 Å². The molecule has 2 N–H and O–H groups in total. The van der Waals surface area contributed by atoms with Gasteiger partial charge in [-0.3, -0.25) is 14.7 Å². The molecule has 0 aliphatic carbocycles. The van der Waals surface area contributed by atoms with Crippen LogP contribution in [0.1, 0.15) is 227 Å². The van der Waals surface area contributed by atoms with Crippen molar-refractivity contribution in [2.45, 2.75) is 239 Å². The fraction of sp³-hybridized carbons (Fsp3) is 0.952. The molecule has 3 unspecified atom stereocenters. The van der Waals surface area contributed by atoms with E-state index in [1.54, 1.807) is 0 Å². The first-order chi connectivity index (χ1) is 22.6. The van der Waals surface area contributed by atoms with Crippen molar-refractivity contribution in [2.24, 2.45) is 5.92 Å². The molecule has 0 saturated carbocycles. The van der Waals surface area contributed by atoms with Gasteiger partial charge in [0.25, 0.3) is 0 Å². The maximum atomic E-state index is 12.8. The highest BCUT2D eigenvalue weighted by atomic mass is 16.1. The van der Waals surface area contributed by atoms with E-state index in [2.05, 4.69) is 49.2 Å². The molecule has 0 radical (unpaired) electrons. The molecule has 1 heterocycles. The van der Waals surface area contributed by atoms with Crippen molar-refractivity contribution < 1.29 is 9.37 Å². The fourth-order valence-corrected chi connectivity index (χ4v) is 7.43. The Hall–Kier alpha value is -1.06. The highest BCUT2D eigenvalue weighted by Crippen LogP contribution is 2.21. The zero-order chi connectivity index (χ0) is 33.3. The lowest BCUT2D eigenvalue weighted by Gasteiger charge is -2.29. The summed E-state index contributed by atoms with van der Waals surface area (Å²) >= 11 is 0. The van der Waals surface area contributed by atoms with Crippen LogP contribution in [-0.4, -0.2) is 42.0 Å². The lowest BCUT2D eigenvalue weighted by atomic mass is 9.89. The quantitative estimate of drug-likeness (QED) is 0.0531. The second kappa shape index (κ2) is 32.5. The van der Waals surface area contributed by atoms with Gasteiger partial charge in [-0.25, -0.2) is 0 Å². The fourth-order valence-electron chi connectivity index (χ4n) is 7.43. The molecule has 0 spiro atoms. The number of nitrogens with one attached hydrogen (secondary N) is 2. The van der Waals surface area contributed by atoms with Gasteiger partial charge in [-0.1, -0.05) is 194 Å². The van der Waals surface area contributed by atoms with Crippen LogP contribution in [0.25, 0.3) is 0 Å². The van der Waals surface area contributed by atoms with E-state index >= 15 is 0 Å². The number of hydrogen-bond donors (Lipinski definition) is 2. The van der Waals surface area contributed by atoms with Gasteiger partial charge >= 0.3 is 0 Å². The number of unbranched alkanes of at least 4 members (excludes halogenated alkanes) is 27. The molecule has 1 amide bonds. The number of carbonyl (C=O) groups is 1. The van der Waals surface area contributed by atoms with Gasteiger partial charge in [0.05, 0.1) is 0 Å². The minimum absolute atomic E-state index is 0.217. The van der Waals surface area contributed by atoms with E-state index < -0.39 is 0 Å². The summed E-state index contributed by atoms with van der Waals surface area (Å²) in [7, 11) is 0. The van der Waals surface area contributed by atoms with Crippen molar-refractivity contribution in [3.05, 3.63) is 0 Å². The van der Waals surface area contributed by atoms with Gasteiger partial charge in [0.2, 0.25) is 12.2 Å². The van der Waals surface area contributed by atoms with E-state index in [1.807, 2.05) is 0 Å².